The Kier molecular flexibility index (Phi) is 4.69. The van der Waals surface area contributed by atoms with Gasteiger partial charge in [-0.1, -0.05) is 23.5 Å². The standard InChI is InChI=1S/C20H19N5O3S/c26-18(16-6-3-9-28-16)24-20-23-14-7-8-25(11-17(14)29-20)19(27)15-10-21-12-4-1-2-5-13(12)22-15/h1-2,4-5,10,16H,3,6-9,11H2,(H,23,24,26). The normalized spacial score (nSPS) is 18.6. The van der Waals surface area contributed by atoms with E-state index in [-0.39, 0.29) is 17.9 Å². The van der Waals surface area contributed by atoms with E-state index in [2.05, 4.69) is 20.3 Å². The van der Waals surface area contributed by atoms with E-state index in [1.165, 1.54) is 17.5 Å². The number of hydrogen-bond acceptors (Lipinski definition) is 7. The van der Waals surface area contributed by atoms with Crippen molar-refractivity contribution in [1.29, 1.82) is 0 Å². The van der Waals surface area contributed by atoms with Crippen molar-refractivity contribution >= 4 is 39.3 Å². The van der Waals surface area contributed by atoms with Crippen molar-refractivity contribution in [3.63, 3.8) is 0 Å². The number of benzene rings is 1. The molecule has 2 amide bonds. The van der Waals surface area contributed by atoms with Crippen molar-refractivity contribution in [2.75, 3.05) is 18.5 Å². The molecule has 2 aliphatic rings. The molecule has 3 aromatic rings. The Bertz CT molecular complexity index is 1090. The molecule has 0 saturated carbocycles. The largest absolute Gasteiger partial charge is 0.368 e. The highest BCUT2D eigenvalue weighted by molar-refractivity contribution is 7.15. The van der Waals surface area contributed by atoms with E-state index in [0.29, 0.717) is 42.5 Å². The van der Waals surface area contributed by atoms with Gasteiger partial charge in [0.1, 0.15) is 11.8 Å². The van der Waals surface area contributed by atoms with Crippen LogP contribution in [0.2, 0.25) is 0 Å². The molecule has 8 nitrogen and oxygen atoms in total. The topological polar surface area (TPSA) is 97.3 Å². The fraction of sp³-hybridized carbons (Fsp3) is 0.350. The van der Waals surface area contributed by atoms with Crippen molar-refractivity contribution in [3.8, 4) is 0 Å². The second-order valence-electron chi connectivity index (χ2n) is 7.10. The Labute approximate surface area is 170 Å². The van der Waals surface area contributed by atoms with Crippen LogP contribution in [0, 0.1) is 0 Å². The first kappa shape index (κ1) is 18.1. The van der Waals surface area contributed by atoms with Crippen LogP contribution in [0.5, 0.6) is 0 Å². The maximum absolute atomic E-state index is 12.9. The molecule has 1 N–H and O–H groups in total. The highest BCUT2D eigenvalue weighted by Gasteiger charge is 2.28. The summed E-state index contributed by atoms with van der Waals surface area (Å²) < 4.78 is 5.42. The number of carbonyl (C=O) groups excluding carboxylic acids is 2. The van der Waals surface area contributed by atoms with Gasteiger partial charge >= 0.3 is 0 Å². The van der Waals surface area contributed by atoms with E-state index >= 15 is 0 Å². The number of nitrogens with zero attached hydrogens (tertiary/aromatic N) is 4. The first-order valence-electron chi connectivity index (χ1n) is 9.59. The lowest BCUT2D eigenvalue weighted by Crippen LogP contribution is -2.36. The van der Waals surface area contributed by atoms with Gasteiger partial charge in [0, 0.05) is 24.4 Å². The molecule has 0 spiro atoms. The van der Waals surface area contributed by atoms with Crippen molar-refractivity contribution < 1.29 is 14.3 Å². The number of fused-ring (bicyclic) bond motifs is 2. The van der Waals surface area contributed by atoms with Gasteiger partial charge in [-0.2, -0.15) is 0 Å². The van der Waals surface area contributed by atoms with Gasteiger partial charge in [0.05, 0.1) is 29.5 Å². The van der Waals surface area contributed by atoms with Crippen LogP contribution in [-0.2, 0) is 22.5 Å². The number of amides is 2. The quantitative estimate of drug-likeness (QED) is 0.713. The molecule has 5 rings (SSSR count). The lowest BCUT2D eigenvalue weighted by atomic mass is 10.1. The summed E-state index contributed by atoms with van der Waals surface area (Å²) in [6, 6.07) is 7.49. The molecule has 9 heteroatoms. The Morgan fingerprint density at radius 1 is 1.21 bits per heavy atom. The predicted octanol–water partition coefficient (Wildman–Crippen LogP) is 2.40. The molecule has 2 aromatic heterocycles. The molecule has 1 aromatic carbocycles. The molecule has 1 atom stereocenters. The van der Waals surface area contributed by atoms with E-state index in [0.717, 1.165) is 28.9 Å². The first-order valence-corrected chi connectivity index (χ1v) is 10.4. The van der Waals surface area contributed by atoms with Crippen LogP contribution in [-0.4, -0.2) is 50.9 Å². The maximum atomic E-state index is 12.9. The van der Waals surface area contributed by atoms with Crippen LogP contribution in [0.1, 0.15) is 33.9 Å². The van der Waals surface area contributed by atoms with Crippen LogP contribution in [0.25, 0.3) is 11.0 Å². The number of carbonyl (C=O) groups is 2. The molecule has 1 saturated heterocycles. The Hall–Kier alpha value is -2.91. The average molecular weight is 409 g/mol. The summed E-state index contributed by atoms with van der Waals surface area (Å²) in [5, 5.41) is 3.42. The molecular weight excluding hydrogens is 390 g/mol. The van der Waals surface area contributed by atoms with Gasteiger partial charge in [0.15, 0.2) is 5.13 Å². The molecule has 0 bridgehead atoms. The van der Waals surface area contributed by atoms with Gasteiger partial charge in [-0.25, -0.2) is 9.97 Å². The van der Waals surface area contributed by atoms with E-state index < -0.39 is 0 Å². The van der Waals surface area contributed by atoms with Crippen molar-refractivity contribution in [2.24, 2.45) is 0 Å². The fourth-order valence-electron chi connectivity index (χ4n) is 3.61. The van der Waals surface area contributed by atoms with E-state index in [1.807, 2.05) is 24.3 Å². The van der Waals surface area contributed by atoms with E-state index in [4.69, 9.17) is 4.74 Å². The highest BCUT2D eigenvalue weighted by atomic mass is 32.1. The van der Waals surface area contributed by atoms with Crippen molar-refractivity contribution in [2.45, 2.75) is 31.9 Å². The summed E-state index contributed by atoms with van der Waals surface area (Å²) >= 11 is 1.41. The monoisotopic (exact) mass is 409 g/mol. The fourth-order valence-corrected chi connectivity index (χ4v) is 4.64. The predicted molar refractivity (Wildman–Crippen MR) is 108 cm³/mol. The Morgan fingerprint density at radius 2 is 2.07 bits per heavy atom. The Morgan fingerprint density at radius 3 is 2.90 bits per heavy atom. The zero-order valence-electron chi connectivity index (χ0n) is 15.6. The third kappa shape index (κ3) is 3.58. The summed E-state index contributed by atoms with van der Waals surface area (Å²) in [5.74, 6) is -0.291. The number of anilines is 1. The van der Waals surface area contributed by atoms with Crippen molar-refractivity contribution in [1.82, 2.24) is 19.9 Å². The smallest absolute Gasteiger partial charge is 0.274 e. The zero-order chi connectivity index (χ0) is 19.8. The minimum atomic E-state index is -0.388. The molecule has 0 aliphatic carbocycles. The molecule has 2 aliphatic heterocycles. The number of para-hydroxylation sites is 2. The van der Waals surface area contributed by atoms with Crippen LogP contribution in [0.15, 0.2) is 30.5 Å². The number of ether oxygens (including phenoxy) is 1. The molecule has 4 heterocycles. The molecule has 0 radical (unpaired) electrons. The second kappa shape index (κ2) is 7.49. The first-order chi connectivity index (χ1) is 14.2. The third-order valence-electron chi connectivity index (χ3n) is 5.14. The van der Waals surface area contributed by atoms with Crippen LogP contribution < -0.4 is 5.32 Å². The van der Waals surface area contributed by atoms with Gasteiger partial charge in [-0.15, -0.1) is 0 Å². The zero-order valence-corrected chi connectivity index (χ0v) is 16.4. The summed E-state index contributed by atoms with van der Waals surface area (Å²) in [5.41, 5.74) is 2.74. The van der Waals surface area contributed by atoms with Crippen LogP contribution in [0.4, 0.5) is 5.13 Å². The van der Waals surface area contributed by atoms with Gasteiger partial charge < -0.3 is 9.64 Å². The molecular formula is C20H19N5O3S. The van der Waals surface area contributed by atoms with E-state index in [1.54, 1.807) is 4.90 Å². The van der Waals surface area contributed by atoms with Gasteiger partial charge in [0.2, 0.25) is 0 Å². The summed E-state index contributed by atoms with van der Waals surface area (Å²) in [6.07, 6.45) is 3.43. The molecule has 148 valence electrons. The Balaban J connectivity index is 1.30. The average Bonchev–Trinajstić information content (AvgIpc) is 3.42. The lowest BCUT2D eigenvalue weighted by molar-refractivity contribution is -0.124. The number of aromatic nitrogens is 3. The molecule has 29 heavy (non-hydrogen) atoms. The lowest BCUT2D eigenvalue weighted by Gasteiger charge is -2.25. The van der Waals surface area contributed by atoms with Crippen LogP contribution in [0.3, 0.4) is 0 Å². The minimum absolute atomic E-state index is 0.145. The number of rotatable bonds is 3. The molecule has 1 fully saturated rings. The molecule has 1 unspecified atom stereocenters. The second-order valence-corrected chi connectivity index (χ2v) is 8.18. The third-order valence-corrected chi connectivity index (χ3v) is 6.14. The number of hydrogen-bond donors (Lipinski definition) is 1. The minimum Gasteiger partial charge on any atom is -0.368 e. The SMILES string of the molecule is O=C(Nc1nc2c(s1)CN(C(=O)c1cnc3ccccc3n1)CC2)C1CCCO1. The maximum Gasteiger partial charge on any atom is 0.274 e. The van der Waals surface area contributed by atoms with Crippen LogP contribution >= 0.6 is 11.3 Å². The summed E-state index contributed by atoms with van der Waals surface area (Å²) in [7, 11) is 0. The highest BCUT2D eigenvalue weighted by Crippen LogP contribution is 2.29. The van der Waals surface area contributed by atoms with Gasteiger partial charge in [-0.05, 0) is 25.0 Å². The van der Waals surface area contributed by atoms with Gasteiger partial charge in [-0.3, -0.25) is 19.9 Å². The summed E-state index contributed by atoms with van der Waals surface area (Å²) in [6.45, 7) is 1.64. The number of thiazole rings is 1. The van der Waals surface area contributed by atoms with E-state index in [9.17, 15) is 9.59 Å². The van der Waals surface area contributed by atoms with Crippen molar-refractivity contribution in [3.05, 3.63) is 46.7 Å². The number of nitrogens with one attached hydrogen (secondary N) is 1. The summed E-state index contributed by atoms with van der Waals surface area (Å²) in [4.78, 5) is 41.2. The van der Waals surface area contributed by atoms with Gasteiger partial charge in [0.25, 0.3) is 11.8 Å².